The van der Waals surface area contributed by atoms with Crippen molar-refractivity contribution in [1.29, 1.82) is 0 Å². The summed E-state index contributed by atoms with van der Waals surface area (Å²) in [6, 6.07) is 3.71. The van der Waals surface area contributed by atoms with E-state index in [0.717, 1.165) is 12.2 Å². The second kappa shape index (κ2) is 7.18. The summed E-state index contributed by atoms with van der Waals surface area (Å²) in [6.45, 7) is 5.13. The summed E-state index contributed by atoms with van der Waals surface area (Å²) < 4.78 is 8.87. The van der Waals surface area contributed by atoms with Crippen molar-refractivity contribution in [1.82, 2.24) is 29.4 Å². The average molecular weight is 360 g/mol. The first kappa shape index (κ1) is 17.2. The van der Waals surface area contributed by atoms with Crippen molar-refractivity contribution in [2.45, 2.75) is 19.2 Å². The minimum atomic E-state index is -0.802. The molecule has 2 aliphatic heterocycles. The third-order valence-electron chi connectivity index (χ3n) is 5.04. The van der Waals surface area contributed by atoms with E-state index in [0.29, 0.717) is 57.3 Å². The van der Waals surface area contributed by atoms with Crippen LogP contribution in [0.2, 0.25) is 0 Å². The van der Waals surface area contributed by atoms with Gasteiger partial charge in [-0.05, 0) is 12.1 Å². The number of aliphatic hydroxyl groups is 1. The molecule has 2 aromatic heterocycles. The van der Waals surface area contributed by atoms with Crippen LogP contribution in [0.1, 0.15) is 23.2 Å². The number of nitrogens with zero attached hydrogens (tertiary/aromatic N) is 6. The fraction of sp³-hybridized carbons (Fsp3) is 0.588. The van der Waals surface area contributed by atoms with Gasteiger partial charge in [0.2, 0.25) is 5.91 Å². The Labute approximate surface area is 151 Å². The molecule has 26 heavy (non-hydrogen) atoms. The first-order valence-corrected chi connectivity index (χ1v) is 8.92. The van der Waals surface area contributed by atoms with Crippen molar-refractivity contribution in [2.24, 2.45) is 7.05 Å². The quantitative estimate of drug-likeness (QED) is 0.781. The SMILES string of the molecule is Cn1nccc1[C@@H](O)c1cc2n(n1)CCN(CC(=O)N1CCOCC1)C2. The van der Waals surface area contributed by atoms with E-state index in [4.69, 9.17) is 4.74 Å². The van der Waals surface area contributed by atoms with E-state index in [1.54, 1.807) is 24.0 Å². The number of aliphatic hydroxyl groups excluding tert-OH is 1. The number of aryl methyl sites for hydroxylation is 1. The first-order valence-electron chi connectivity index (χ1n) is 8.92. The van der Waals surface area contributed by atoms with Gasteiger partial charge in [0.05, 0.1) is 43.4 Å². The van der Waals surface area contributed by atoms with E-state index in [1.165, 1.54) is 0 Å². The van der Waals surface area contributed by atoms with E-state index >= 15 is 0 Å². The molecule has 9 nitrogen and oxygen atoms in total. The van der Waals surface area contributed by atoms with Gasteiger partial charge in [-0.25, -0.2) is 0 Å². The van der Waals surface area contributed by atoms with E-state index in [-0.39, 0.29) is 5.91 Å². The molecule has 0 aliphatic carbocycles. The Morgan fingerprint density at radius 3 is 2.85 bits per heavy atom. The molecule has 2 aliphatic rings. The third-order valence-corrected chi connectivity index (χ3v) is 5.04. The predicted octanol–water partition coefficient (Wildman–Crippen LogP) is -0.627. The summed E-state index contributed by atoms with van der Waals surface area (Å²) in [7, 11) is 1.80. The number of aromatic nitrogens is 4. The van der Waals surface area contributed by atoms with Gasteiger partial charge in [-0.3, -0.25) is 19.1 Å². The average Bonchev–Trinajstić information content (AvgIpc) is 3.27. The lowest BCUT2D eigenvalue weighted by Crippen LogP contribution is -2.47. The number of hydrogen-bond acceptors (Lipinski definition) is 6. The molecule has 0 unspecified atom stereocenters. The normalized spacial score (nSPS) is 19.4. The van der Waals surface area contributed by atoms with Crippen LogP contribution in [0.5, 0.6) is 0 Å². The molecule has 140 valence electrons. The predicted molar refractivity (Wildman–Crippen MR) is 92.2 cm³/mol. The molecule has 0 aromatic carbocycles. The van der Waals surface area contributed by atoms with E-state index in [1.807, 2.05) is 15.6 Å². The highest BCUT2D eigenvalue weighted by molar-refractivity contribution is 5.78. The number of fused-ring (bicyclic) bond motifs is 1. The van der Waals surface area contributed by atoms with Gasteiger partial charge in [-0.2, -0.15) is 10.2 Å². The zero-order valence-corrected chi connectivity index (χ0v) is 14.9. The van der Waals surface area contributed by atoms with Crippen molar-refractivity contribution in [3.8, 4) is 0 Å². The van der Waals surface area contributed by atoms with Crippen LogP contribution in [-0.4, -0.2) is 79.8 Å². The molecular formula is C17H24N6O3. The van der Waals surface area contributed by atoms with Gasteiger partial charge >= 0.3 is 0 Å². The second-order valence-electron chi connectivity index (χ2n) is 6.77. The van der Waals surface area contributed by atoms with Crippen LogP contribution in [0.3, 0.4) is 0 Å². The Balaban J connectivity index is 1.42. The lowest BCUT2D eigenvalue weighted by molar-refractivity contribution is -0.136. The van der Waals surface area contributed by atoms with E-state index in [9.17, 15) is 9.90 Å². The Kier molecular flexibility index (Phi) is 4.75. The van der Waals surface area contributed by atoms with Crippen molar-refractivity contribution >= 4 is 5.91 Å². The van der Waals surface area contributed by atoms with Gasteiger partial charge in [-0.1, -0.05) is 0 Å². The topological polar surface area (TPSA) is 88.7 Å². The van der Waals surface area contributed by atoms with Gasteiger partial charge in [0.25, 0.3) is 0 Å². The summed E-state index contributed by atoms with van der Waals surface area (Å²) >= 11 is 0. The van der Waals surface area contributed by atoms with Crippen LogP contribution in [0.4, 0.5) is 0 Å². The molecule has 1 amide bonds. The van der Waals surface area contributed by atoms with Gasteiger partial charge in [0.15, 0.2) is 0 Å². The lowest BCUT2D eigenvalue weighted by Gasteiger charge is -2.31. The number of rotatable bonds is 4. The molecule has 9 heteroatoms. The summed E-state index contributed by atoms with van der Waals surface area (Å²) in [5.41, 5.74) is 2.34. The highest BCUT2D eigenvalue weighted by Gasteiger charge is 2.26. The molecule has 2 aromatic rings. The van der Waals surface area contributed by atoms with Crippen molar-refractivity contribution in [2.75, 3.05) is 39.4 Å². The van der Waals surface area contributed by atoms with Crippen molar-refractivity contribution < 1.29 is 14.6 Å². The van der Waals surface area contributed by atoms with Crippen LogP contribution in [0.15, 0.2) is 18.3 Å². The van der Waals surface area contributed by atoms with Gasteiger partial charge < -0.3 is 14.7 Å². The van der Waals surface area contributed by atoms with Crippen molar-refractivity contribution in [3.05, 3.63) is 35.4 Å². The Hall–Kier alpha value is -2.23. The minimum absolute atomic E-state index is 0.149. The Morgan fingerprint density at radius 1 is 1.31 bits per heavy atom. The highest BCUT2D eigenvalue weighted by atomic mass is 16.5. The molecule has 0 radical (unpaired) electrons. The van der Waals surface area contributed by atoms with Gasteiger partial charge in [-0.15, -0.1) is 0 Å². The summed E-state index contributed by atoms with van der Waals surface area (Å²) in [4.78, 5) is 16.4. The molecule has 1 atom stereocenters. The summed E-state index contributed by atoms with van der Waals surface area (Å²) in [5.74, 6) is 0.149. The number of morpholine rings is 1. The van der Waals surface area contributed by atoms with Crippen LogP contribution in [-0.2, 0) is 29.7 Å². The van der Waals surface area contributed by atoms with Crippen LogP contribution in [0, 0.1) is 0 Å². The van der Waals surface area contributed by atoms with Crippen LogP contribution in [0.25, 0.3) is 0 Å². The maximum Gasteiger partial charge on any atom is 0.236 e. The molecule has 4 rings (SSSR count). The molecule has 1 N–H and O–H groups in total. The maximum absolute atomic E-state index is 12.4. The number of ether oxygens (including phenoxy) is 1. The molecular weight excluding hydrogens is 336 g/mol. The standard InChI is InChI=1S/C17H24N6O3/c1-20-15(2-3-18-20)17(25)14-10-13-11-21(4-5-23(13)19-14)12-16(24)22-6-8-26-9-7-22/h2-3,10,17,25H,4-9,11-12H2,1H3/t17-/m0/s1. The number of carbonyl (C=O) groups excluding carboxylic acids is 1. The smallest absolute Gasteiger partial charge is 0.236 e. The number of carbonyl (C=O) groups is 1. The molecule has 0 spiro atoms. The molecule has 1 fully saturated rings. The zero-order valence-electron chi connectivity index (χ0n) is 14.9. The van der Waals surface area contributed by atoms with Crippen LogP contribution >= 0.6 is 0 Å². The second-order valence-corrected chi connectivity index (χ2v) is 6.77. The first-order chi connectivity index (χ1) is 12.6. The fourth-order valence-corrected chi connectivity index (χ4v) is 3.52. The maximum atomic E-state index is 12.4. The largest absolute Gasteiger partial charge is 0.380 e. The van der Waals surface area contributed by atoms with Gasteiger partial charge in [0, 0.05) is 39.4 Å². The Bertz CT molecular complexity index is 779. The van der Waals surface area contributed by atoms with Gasteiger partial charge in [0.1, 0.15) is 6.10 Å². The number of hydrogen-bond donors (Lipinski definition) is 1. The Morgan fingerprint density at radius 2 is 2.12 bits per heavy atom. The monoisotopic (exact) mass is 360 g/mol. The summed E-state index contributed by atoms with van der Waals surface area (Å²) in [5, 5.41) is 19.2. The molecule has 1 saturated heterocycles. The number of amides is 1. The van der Waals surface area contributed by atoms with Crippen LogP contribution < -0.4 is 0 Å². The highest BCUT2D eigenvalue weighted by Crippen LogP contribution is 2.23. The lowest BCUT2D eigenvalue weighted by atomic mass is 10.1. The summed E-state index contributed by atoms with van der Waals surface area (Å²) in [6.07, 6.45) is 0.858. The molecule has 0 bridgehead atoms. The van der Waals surface area contributed by atoms with E-state index in [2.05, 4.69) is 15.1 Å². The van der Waals surface area contributed by atoms with Crippen molar-refractivity contribution in [3.63, 3.8) is 0 Å². The molecule has 4 heterocycles. The van der Waals surface area contributed by atoms with E-state index < -0.39 is 6.10 Å². The third kappa shape index (κ3) is 3.37. The minimum Gasteiger partial charge on any atom is -0.380 e. The zero-order chi connectivity index (χ0) is 18.1. The molecule has 0 saturated carbocycles. The fourth-order valence-electron chi connectivity index (χ4n) is 3.52.